The lowest BCUT2D eigenvalue weighted by atomic mass is 10.2. The zero-order valence-corrected chi connectivity index (χ0v) is 12.8. The second-order valence-electron chi connectivity index (χ2n) is 4.25. The molecule has 6 heteroatoms. The number of benzene rings is 2. The Bertz CT molecular complexity index is 676. The molecule has 4 nitrogen and oxygen atoms in total. The molecule has 0 saturated heterocycles. The van der Waals surface area contributed by atoms with E-state index < -0.39 is 11.8 Å². The smallest absolute Gasteiger partial charge is 0.338 e. The summed E-state index contributed by atoms with van der Waals surface area (Å²) in [6.07, 6.45) is 0. The van der Waals surface area contributed by atoms with Crippen LogP contribution in [0.1, 0.15) is 15.9 Å². The highest BCUT2D eigenvalue weighted by atomic mass is 79.9. The van der Waals surface area contributed by atoms with Crippen molar-refractivity contribution in [1.82, 2.24) is 0 Å². The molecule has 2 aromatic carbocycles. The van der Waals surface area contributed by atoms with Crippen molar-refractivity contribution >= 4 is 27.6 Å². The van der Waals surface area contributed by atoms with E-state index >= 15 is 0 Å². The quantitative estimate of drug-likeness (QED) is 0.674. The average Bonchev–Trinajstić information content (AvgIpc) is 2.48. The fourth-order valence-electron chi connectivity index (χ4n) is 1.72. The highest BCUT2D eigenvalue weighted by molar-refractivity contribution is 9.10. The van der Waals surface area contributed by atoms with E-state index in [2.05, 4.69) is 15.9 Å². The molecule has 0 spiro atoms. The van der Waals surface area contributed by atoms with Gasteiger partial charge in [-0.1, -0.05) is 12.1 Å². The highest BCUT2D eigenvalue weighted by Gasteiger charge is 2.13. The maximum Gasteiger partial charge on any atom is 0.338 e. The van der Waals surface area contributed by atoms with Crippen molar-refractivity contribution in [3.8, 4) is 5.75 Å². The first-order valence-corrected chi connectivity index (χ1v) is 6.85. The Morgan fingerprint density at radius 2 is 2.10 bits per heavy atom. The van der Waals surface area contributed by atoms with Crippen LogP contribution in [0.4, 0.5) is 10.1 Å². The number of hydrogen-bond acceptors (Lipinski definition) is 4. The lowest BCUT2D eigenvalue weighted by molar-refractivity contribution is 0.0468. The van der Waals surface area contributed by atoms with Gasteiger partial charge in [0.25, 0.3) is 0 Å². The zero-order valence-electron chi connectivity index (χ0n) is 11.2. The van der Waals surface area contributed by atoms with Crippen LogP contribution in [-0.2, 0) is 11.3 Å². The number of hydrogen-bond donors (Lipinski definition) is 1. The summed E-state index contributed by atoms with van der Waals surface area (Å²) in [6, 6.07) is 9.37. The number of methoxy groups -OCH3 is 1. The number of nitrogens with two attached hydrogens (primary N) is 1. The van der Waals surface area contributed by atoms with E-state index in [-0.39, 0.29) is 17.9 Å². The molecule has 0 amide bonds. The number of ether oxygens (including phenoxy) is 2. The number of carbonyl (C=O) groups is 1. The summed E-state index contributed by atoms with van der Waals surface area (Å²) < 4.78 is 24.5. The molecule has 21 heavy (non-hydrogen) atoms. The van der Waals surface area contributed by atoms with Crippen LogP contribution in [-0.4, -0.2) is 13.1 Å². The zero-order chi connectivity index (χ0) is 15.4. The molecule has 0 heterocycles. The standard InChI is InChI=1S/C15H13BrFNO3/c1-20-13-4-2-3-10(14(13)17)8-21-15(19)9-5-6-11(16)12(18)7-9/h2-7H,8,18H2,1H3. The monoisotopic (exact) mass is 353 g/mol. The molecule has 2 aromatic rings. The van der Waals surface area contributed by atoms with E-state index in [0.29, 0.717) is 15.7 Å². The summed E-state index contributed by atoms with van der Waals surface area (Å²) >= 11 is 3.24. The lowest BCUT2D eigenvalue weighted by Gasteiger charge is -2.09. The third kappa shape index (κ3) is 3.52. The first-order valence-electron chi connectivity index (χ1n) is 6.06. The van der Waals surface area contributed by atoms with Gasteiger partial charge in [0.2, 0.25) is 0 Å². The summed E-state index contributed by atoms with van der Waals surface area (Å²) in [4.78, 5) is 11.9. The Balaban J connectivity index is 2.09. The van der Waals surface area contributed by atoms with E-state index in [1.54, 1.807) is 18.2 Å². The minimum Gasteiger partial charge on any atom is -0.494 e. The SMILES string of the molecule is COc1cccc(COC(=O)c2ccc(Br)c(N)c2)c1F. The lowest BCUT2D eigenvalue weighted by Crippen LogP contribution is -2.07. The maximum absolute atomic E-state index is 13.9. The second-order valence-corrected chi connectivity index (χ2v) is 5.10. The van der Waals surface area contributed by atoms with Gasteiger partial charge < -0.3 is 15.2 Å². The molecule has 0 unspecified atom stereocenters. The molecule has 0 radical (unpaired) electrons. The Labute approximate surface area is 129 Å². The predicted molar refractivity (Wildman–Crippen MR) is 80.6 cm³/mol. The summed E-state index contributed by atoms with van der Waals surface area (Å²) in [5, 5.41) is 0. The molecule has 0 fully saturated rings. The van der Waals surface area contributed by atoms with Crippen molar-refractivity contribution in [2.24, 2.45) is 0 Å². The second kappa shape index (κ2) is 6.58. The predicted octanol–water partition coefficient (Wildman–Crippen LogP) is 3.54. The fraction of sp³-hybridized carbons (Fsp3) is 0.133. The molecule has 0 saturated carbocycles. The minimum absolute atomic E-state index is 0.108. The van der Waals surface area contributed by atoms with Crippen molar-refractivity contribution < 1.29 is 18.7 Å². The van der Waals surface area contributed by atoms with Crippen LogP contribution in [0.5, 0.6) is 5.75 Å². The number of nitrogen functional groups attached to an aromatic ring is 1. The number of carbonyl (C=O) groups excluding carboxylic acids is 1. The Hall–Kier alpha value is -2.08. The summed E-state index contributed by atoms with van der Waals surface area (Å²) in [7, 11) is 1.37. The normalized spacial score (nSPS) is 10.2. The van der Waals surface area contributed by atoms with Gasteiger partial charge in [0.15, 0.2) is 11.6 Å². The summed E-state index contributed by atoms with van der Waals surface area (Å²) in [6.45, 7) is -0.183. The third-order valence-corrected chi connectivity index (χ3v) is 3.58. The van der Waals surface area contributed by atoms with Gasteiger partial charge in [-0.25, -0.2) is 9.18 Å². The molecule has 0 aromatic heterocycles. The van der Waals surface area contributed by atoms with Crippen LogP contribution < -0.4 is 10.5 Å². The topological polar surface area (TPSA) is 61.5 Å². The van der Waals surface area contributed by atoms with Crippen LogP contribution in [0.15, 0.2) is 40.9 Å². The molecule has 0 bridgehead atoms. The van der Waals surface area contributed by atoms with Gasteiger partial charge in [-0.15, -0.1) is 0 Å². The molecule has 0 aliphatic heterocycles. The van der Waals surface area contributed by atoms with E-state index in [9.17, 15) is 9.18 Å². The number of rotatable bonds is 4. The minimum atomic E-state index is -0.573. The molecule has 0 atom stereocenters. The average molecular weight is 354 g/mol. The Morgan fingerprint density at radius 1 is 1.33 bits per heavy atom. The molecule has 2 N–H and O–H groups in total. The van der Waals surface area contributed by atoms with Gasteiger partial charge >= 0.3 is 5.97 Å². The molecular weight excluding hydrogens is 341 g/mol. The fourth-order valence-corrected chi connectivity index (χ4v) is 1.97. The van der Waals surface area contributed by atoms with Crippen LogP contribution in [0.2, 0.25) is 0 Å². The van der Waals surface area contributed by atoms with Crippen LogP contribution in [0.3, 0.4) is 0 Å². The van der Waals surface area contributed by atoms with Gasteiger partial charge in [0.05, 0.1) is 12.7 Å². The first kappa shape index (κ1) is 15.3. The van der Waals surface area contributed by atoms with Crippen molar-refractivity contribution in [3.05, 3.63) is 57.8 Å². The van der Waals surface area contributed by atoms with Crippen LogP contribution in [0, 0.1) is 5.82 Å². The van der Waals surface area contributed by atoms with E-state index in [1.165, 1.54) is 25.3 Å². The molecule has 0 aliphatic rings. The molecular formula is C15H13BrFNO3. The molecule has 0 aliphatic carbocycles. The van der Waals surface area contributed by atoms with Gasteiger partial charge in [-0.05, 0) is 40.2 Å². The van der Waals surface area contributed by atoms with E-state index in [1.807, 2.05) is 0 Å². The molecule has 2 rings (SSSR count). The Morgan fingerprint density at radius 3 is 2.76 bits per heavy atom. The van der Waals surface area contributed by atoms with Gasteiger partial charge in [0.1, 0.15) is 6.61 Å². The van der Waals surface area contributed by atoms with Gasteiger partial charge in [-0.2, -0.15) is 0 Å². The highest BCUT2D eigenvalue weighted by Crippen LogP contribution is 2.22. The Kier molecular flexibility index (Phi) is 4.80. The number of anilines is 1. The largest absolute Gasteiger partial charge is 0.494 e. The van der Waals surface area contributed by atoms with Crippen LogP contribution in [0.25, 0.3) is 0 Å². The van der Waals surface area contributed by atoms with Crippen molar-refractivity contribution in [2.75, 3.05) is 12.8 Å². The molecule has 110 valence electrons. The van der Waals surface area contributed by atoms with E-state index in [4.69, 9.17) is 15.2 Å². The van der Waals surface area contributed by atoms with E-state index in [0.717, 1.165) is 0 Å². The summed E-state index contributed by atoms with van der Waals surface area (Å²) in [5.74, 6) is -1.00. The van der Waals surface area contributed by atoms with Gasteiger partial charge in [-0.3, -0.25) is 0 Å². The van der Waals surface area contributed by atoms with Crippen LogP contribution >= 0.6 is 15.9 Å². The summed E-state index contributed by atoms with van der Waals surface area (Å²) in [5.41, 5.74) is 6.67. The number of esters is 1. The number of halogens is 2. The first-order chi connectivity index (χ1) is 10.0. The van der Waals surface area contributed by atoms with Gasteiger partial charge in [0, 0.05) is 15.7 Å². The van der Waals surface area contributed by atoms with Crippen molar-refractivity contribution in [2.45, 2.75) is 6.61 Å². The maximum atomic E-state index is 13.9. The van der Waals surface area contributed by atoms with Crippen molar-refractivity contribution in [3.63, 3.8) is 0 Å². The third-order valence-electron chi connectivity index (χ3n) is 2.85. The van der Waals surface area contributed by atoms with Crippen molar-refractivity contribution in [1.29, 1.82) is 0 Å².